The lowest BCUT2D eigenvalue weighted by molar-refractivity contribution is -0.122. The number of halogens is 1. The summed E-state index contributed by atoms with van der Waals surface area (Å²) < 4.78 is 0. The molecule has 3 N–H and O–H groups in total. The van der Waals surface area contributed by atoms with E-state index in [0.717, 1.165) is 12.0 Å². The number of nitrogens with one attached hydrogen (secondary N) is 1. The van der Waals surface area contributed by atoms with Crippen LogP contribution in [0.15, 0.2) is 24.5 Å². The molecule has 1 rings (SSSR count). The molecule has 0 aliphatic carbocycles. The maximum Gasteiger partial charge on any atom is 0.220 e. The number of rotatable bonds is 5. The second-order valence-corrected chi connectivity index (χ2v) is 5.58. The van der Waals surface area contributed by atoms with Crippen molar-refractivity contribution in [1.82, 2.24) is 10.3 Å². The van der Waals surface area contributed by atoms with Crippen molar-refractivity contribution < 1.29 is 4.79 Å². The predicted molar refractivity (Wildman–Crippen MR) is 80.2 cm³/mol. The van der Waals surface area contributed by atoms with Crippen molar-refractivity contribution in [3.63, 3.8) is 0 Å². The topological polar surface area (TPSA) is 68.0 Å². The van der Waals surface area contributed by atoms with Crippen LogP contribution in [-0.4, -0.2) is 23.5 Å². The SMILES string of the molecule is CC(C)(C)C(CN)NC(=O)CCc1ccncc1.Cl. The van der Waals surface area contributed by atoms with Crippen molar-refractivity contribution in [2.75, 3.05) is 6.54 Å². The van der Waals surface area contributed by atoms with Crippen LogP contribution in [-0.2, 0) is 11.2 Å². The zero-order valence-electron chi connectivity index (χ0n) is 11.8. The quantitative estimate of drug-likeness (QED) is 0.868. The first kappa shape index (κ1) is 17.9. The number of amides is 1. The van der Waals surface area contributed by atoms with Gasteiger partial charge in [-0.15, -0.1) is 12.4 Å². The van der Waals surface area contributed by atoms with Gasteiger partial charge in [0.05, 0.1) is 0 Å². The first-order valence-electron chi connectivity index (χ1n) is 6.32. The summed E-state index contributed by atoms with van der Waals surface area (Å²) in [6.07, 6.45) is 4.70. The zero-order valence-corrected chi connectivity index (χ0v) is 12.7. The number of aryl methyl sites for hydroxylation is 1. The monoisotopic (exact) mass is 285 g/mol. The molecule has 1 heterocycles. The van der Waals surface area contributed by atoms with Crippen molar-refractivity contribution in [2.45, 2.75) is 39.7 Å². The molecule has 0 aliphatic heterocycles. The van der Waals surface area contributed by atoms with Crippen molar-refractivity contribution in [1.29, 1.82) is 0 Å². The summed E-state index contributed by atoms with van der Waals surface area (Å²) in [6.45, 7) is 6.69. The van der Waals surface area contributed by atoms with Gasteiger partial charge in [0, 0.05) is 31.4 Å². The molecule has 0 spiro atoms. The highest BCUT2D eigenvalue weighted by Crippen LogP contribution is 2.18. The molecule has 5 heteroatoms. The van der Waals surface area contributed by atoms with Gasteiger partial charge in [0.2, 0.25) is 5.91 Å². The molecule has 1 aromatic rings. The Bertz CT molecular complexity index is 376. The number of carbonyl (C=O) groups is 1. The normalized spacial score (nSPS) is 12.4. The number of nitrogens with zero attached hydrogens (tertiary/aromatic N) is 1. The highest BCUT2D eigenvalue weighted by atomic mass is 35.5. The van der Waals surface area contributed by atoms with Crippen LogP contribution < -0.4 is 11.1 Å². The Balaban J connectivity index is 0.00000324. The highest BCUT2D eigenvalue weighted by molar-refractivity contribution is 5.85. The lowest BCUT2D eigenvalue weighted by Gasteiger charge is -2.30. The molecule has 1 unspecified atom stereocenters. The Hall–Kier alpha value is -1.13. The van der Waals surface area contributed by atoms with E-state index < -0.39 is 0 Å². The molecule has 0 saturated carbocycles. The fourth-order valence-corrected chi connectivity index (χ4v) is 1.70. The molecule has 108 valence electrons. The fraction of sp³-hybridized carbons (Fsp3) is 0.571. The summed E-state index contributed by atoms with van der Waals surface area (Å²) in [6, 6.07) is 3.87. The third-order valence-electron chi connectivity index (χ3n) is 3.01. The van der Waals surface area contributed by atoms with E-state index in [1.807, 2.05) is 12.1 Å². The highest BCUT2D eigenvalue weighted by Gasteiger charge is 2.24. The van der Waals surface area contributed by atoms with E-state index in [1.54, 1.807) is 12.4 Å². The van der Waals surface area contributed by atoms with Gasteiger partial charge in [0.25, 0.3) is 0 Å². The van der Waals surface area contributed by atoms with Crippen LogP contribution in [0.1, 0.15) is 32.8 Å². The van der Waals surface area contributed by atoms with Crippen LogP contribution in [0.25, 0.3) is 0 Å². The first-order valence-corrected chi connectivity index (χ1v) is 6.32. The van der Waals surface area contributed by atoms with Crippen LogP contribution in [0.4, 0.5) is 0 Å². The third kappa shape index (κ3) is 6.55. The maximum absolute atomic E-state index is 11.9. The standard InChI is InChI=1S/C14H23N3O.ClH/c1-14(2,3)12(10-15)17-13(18)5-4-11-6-8-16-9-7-11;/h6-9,12H,4-5,10,15H2,1-3H3,(H,17,18);1H. The molecule has 1 atom stereocenters. The van der Waals surface area contributed by atoms with Crippen LogP contribution >= 0.6 is 12.4 Å². The van der Waals surface area contributed by atoms with Crippen molar-refractivity contribution in [3.05, 3.63) is 30.1 Å². The number of aromatic nitrogens is 1. The third-order valence-corrected chi connectivity index (χ3v) is 3.01. The van der Waals surface area contributed by atoms with E-state index in [2.05, 4.69) is 31.1 Å². The molecule has 4 nitrogen and oxygen atoms in total. The van der Waals surface area contributed by atoms with Gasteiger partial charge in [-0.25, -0.2) is 0 Å². The van der Waals surface area contributed by atoms with E-state index in [-0.39, 0.29) is 29.8 Å². The minimum Gasteiger partial charge on any atom is -0.352 e. The van der Waals surface area contributed by atoms with Gasteiger partial charge >= 0.3 is 0 Å². The Morgan fingerprint density at radius 2 is 1.95 bits per heavy atom. The predicted octanol–water partition coefficient (Wildman–Crippen LogP) is 1.93. The number of pyridine rings is 1. The molecule has 0 fully saturated rings. The summed E-state index contributed by atoms with van der Waals surface area (Å²) in [4.78, 5) is 15.8. The first-order chi connectivity index (χ1) is 8.43. The molecule has 19 heavy (non-hydrogen) atoms. The number of hydrogen-bond acceptors (Lipinski definition) is 3. The van der Waals surface area contributed by atoms with E-state index in [0.29, 0.717) is 13.0 Å². The summed E-state index contributed by atoms with van der Waals surface area (Å²) >= 11 is 0. The lowest BCUT2D eigenvalue weighted by Crippen LogP contribution is -2.48. The fourth-order valence-electron chi connectivity index (χ4n) is 1.70. The second kappa shape index (κ2) is 8.12. The molecule has 0 radical (unpaired) electrons. The maximum atomic E-state index is 11.9. The molecule has 0 aromatic carbocycles. The molecule has 0 aliphatic rings. The van der Waals surface area contributed by atoms with Gasteiger partial charge in [-0.05, 0) is 29.5 Å². The van der Waals surface area contributed by atoms with Crippen LogP contribution in [0.3, 0.4) is 0 Å². The Morgan fingerprint density at radius 1 is 1.37 bits per heavy atom. The van der Waals surface area contributed by atoms with Gasteiger partial charge in [-0.2, -0.15) is 0 Å². The van der Waals surface area contributed by atoms with Crippen molar-refractivity contribution >= 4 is 18.3 Å². The van der Waals surface area contributed by atoms with E-state index in [9.17, 15) is 4.79 Å². The smallest absolute Gasteiger partial charge is 0.220 e. The summed E-state index contributed by atoms with van der Waals surface area (Å²) in [5.41, 5.74) is 6.80. The summed E-state index contributed by atoms with van der Waals surface area (Å²) in [5.74, 6) is 0.0530. The van der Waals surface area contributed by atoms with E-state index >= 15 is 0 Å². The number of nitrogens with two attached hydrogens (primary N) is 1. The average Bonchev–Trinajstić information content (AvgIpc) is 2.33. The van der Waals surface area contributed by atoms with Gasteiger partial charge < -0.3 is 11.1 Å². The van der Waals surface area contributed by atoms with Gasteiger partial charge in [-0.1, -0.05) is 20.8 Å². The van der Waals surface area contributed by atoms with Crippen LogP contribution in [0.5, 0.6) is 0 Å². The average molecular weight is 286 g/mol. The Kier molecular flexibility index (Phi) is 7.64. The van der Waals surface area contributed by atoms with Crippen molar-refractivity contribution in [3.8, 4) is 0 Å². The molecule has 0 saturated heterocycles. The summed E-state index contributed by atoms with van der Waals surface area (Å²) in [7, 11) is 0. The molecular formula is C14H24ClN3O. The minimum atomic E-state index is -0.0128. The molecular weight excluding hydrogens is 262 g/mol. The molecule has 1 aromatic heterocycles. The number of carbonyl (C=O) groups excluding carboxylic acids is 1. The molecule has 1 amide bonds. The van der Waals surface area contributed by atoms with Gasteiger partial charge in [0.15, 0.2) is 0 Å². The van der Waals surface area contributed by atoms with Crippen LogP contribution in [0, 0.1) is 5.41 Å². The second-order valence-electron chi connectivity index (χ2n) is 5.58. The zero-order chi connectivity index (χ0) is 13.6. The number of hydrogen-bond donors (Lipinski definition) is 2. The van der Waals surface area contributed by atoms with Gasteiger partial charge in [0.1, 0.15) is 0 Å². The van der Waals surface area contributed by atoms with E-state index in [1.165, 1.54) is 0 Å². The lowest BCUT2D eigenvalue weighted by atomic mass is 9.86. The Morgan fingerprint density at radius 3 is 2.42 bits per heavy atom. The largest absolute Gasteiger partial charge is 0.352 e. The van der Waals surface area contributed by atoms with E-state index in [4.69, 9.17) is 5.73 Å². The summed E-state index contributed by atoms with van der Waals surface area (Å²) in [5, 5.41) is 3.00. The Labute approximate surface area is 121 Å². The van der Waals surface area contributed by atoms with Gasteiger partial charge in [-0.3, -0.25) is 9.78 Å². The molecule has 0 bridgehead atoms. The van der Waals surface area contributed by atoms with Crippen molar-refractivity contribution in [2.24, 2.45) is 11.1 Å². The van der Waals surface area contributed by atoms with Crippen LogP contribution in [0.2, 0.25) is 0 Å². The minimum absolute atomic E-state index is 0.